The van der Waals surface area contributed by atoms with Gasteiger partial charge in [0.05, 0.1) is 6.42 Å². The van der Waals surface area contributed by atoms with Crippen LogP contribution in [0.25, 0.3) is 0 Å². The normalized spacial score (nSPS) is 11.7. The minimum Gasteiger partial charge on any atom is -0.445 e. The van der Waals surface area contributed by atoms with E-state index >= 15 is 0 Å². The monoisotopic (exact) mass is 364 g/mol. The summed E-state index contributed by atoms with van der Waals surface area (Å²) >= 11 is 0. The first-order chi connectivity index (χ1) is 12.6. The number of carbonyl (C=O) groups is 3. The number of amides is 1. The first kappa shape index (κ1) is 21.6. The Labute approximate surface area is 154 Å². The summed E-state index contributed by atoms with van der Waals surface area (Å²) in [5.41, 5.74) is 0.878. The van der Waals surface area contributed by atoms with Crippen LogP contribution in [-0.2, 0) is 25.7 Å². The largest absolute Gasteiger partial charge is 0.445 e. The van der Waals surface area contributed by atoms with E-state index in [-0.39, 0.29) is 19.6 Å². The molecule has 7 nitrogen and oxygen atoms in total. The summed E-state index contributed by atoms with van der Waals surface area (Å²) in [6.45, 7) is 5.59. The van der Waals surface area contributed by atoms with Crippen LogP contribution >= 0.6 is 0 Å². The van der Waals surface area contributed by atoms with E-state index in [0.717, 1.165) is 18.4 Å². The molecule has 1 aromatic rings. The lowest BCUT2D eigenvalue weighted by Crippen LogP contribution is -2.41. The molecule has 0 radical (unpaired) electrons. The lowest BCUT2D eigenvalue weighted by atomic mass is 10.2. The third-order valence-corrected chi connectivity index (χ3v) is 3.56. The quantitative estimate of drug-likeness (QED) is 0.348. The van der Waals surface area contributed by atoms with E-state index in [4.69, 9.17) is 9.47 Å². The van der Waals surface area contributed by atoms with E-state index in [2.05, 4.69) is 5.32 Å². The summed E-state index contributed by atoms with van der Waals surface area (Å²) in [4.78, 5) is 36.5. The zero-order chi connectivity index (χ0) is 19.2. The van der Waals surface area contributed by atoms with Gasteiger partial charge in [-0.05, 0) is 18.4 Å². The van der Waals surface area contributed by atoms with E-state index in [1.165, 1.54) is 0 Å². The number of alkyl carbamates (subject to hydrolysis) is 1. The summed E-state index contributed by atoms with van der Waals surface area (Å²) in [7, 11) is 0. The Morgan fingerprint density at radius 1 is 1.15 bits per heavy atom. The topological polar surface area (TPSA) is 84.9 Å². The molecule has 7 heteroatoms. The van der Waals surface area contributed by atoms with Gasteiger partial charge < -0.3 is 14.8 Å². The van der Waals surface area contributed by atoms with Crippen LogP contribution in [0.3, 0.4) is 0 Å². The smallest absolute Gasteiger partial charge is 0.407 e. The highest BCUT2D eigenvalue weighted by Gasteiger charge is 2.20. The summed E-state index contributed by atoms with van der Waals surface area (Å²) < 4.78 is 10.3. The van der Waals surface area contributed by atoms with E-state index < -0.39 is 18.3 Å². The van der Waals surface area contributed by atoms with E-state index in [1.54, 1.807) is 0 Å². The Morgan fingerprint density at radius 3 is 2.38 bits per heavy atom. The molecule has 0 aliphatic heterocycles. The van der Waals surface area contributed by atoms with Gasteiger partial charge in [-0.15, -0.1) is 0 Å². The molecule has 0 fully saturated rings. The van der Waals surface area contributed by atoms with E-state index in [9.17, 15) is 14.4 Å². The van der Waals surface area contributed by atoms with Crippen molar-refractivity contribution in [3.8, 4) is 0 Å². The fourth-order valence-electron chi connectivity index (χ4n) is 2.36. The van der Waals surface area contributed by atoms with Gasteiger partial charge in [0, 0.05) is 19.6 Å². The van der Waals surface area contributed by atoms with Gasteiger partial charge in [-0.3, -0.25) is 14.5 Å². The van der Waals surface area contributed by atoms with Crippen molar-refractivity contribution < 1.29 is 23.9 Å². The maximum absolute atomic E-state index is 11.9. The van der Waals surface area contributed by atoms with Crippen molar-refractivity contribution in [2.75, 3.05) is 19.6 Å². The molecule has 1 rings (SSSR count). The minimum absolute atomic E-state index is 0.0309. The summed E-state index contributed by atoms with van der Waals surface area (Å²) in [6.07, 6.45) is 0.828. The number of carbonyl (C=O) groups excluding carboxylic acids is 3. The molecule has 0 heterocycles. The van der Waals surface area contributed by atoms with E-state index in [1.807, 2.05) is 49.1 Å². The lowest BCUT2D eigenvalue weighted by molar-refractivity contribution is -0.162. The molecule has 1 unspecified atom stereocenters. The van der Waals surface area contributed by atoms with Crippen LogP contribution in [0.5, 0.6) is 0 Å². The number of esters is 1. The molecule has 0 aliphatic rings. The van der Waals surface area contributed by atoms with E-state index in [0.29, 0.717) is 19.4 Å². The molecular formula is C19H28N2O5. The molecule has 1 aromatic carbocycles. The van der Waals surface area contributed by atoms with Gasteiger partial charge in [0.25, 0.3) is 0 Å². The fraction of sp³-hybridized carbons (Fsp3) is 0.526. The second kappa shape index (κ2) is 12.9. The average molecular weight is 364 g/mol. The Bertz CT molecular complexity index is 544. The zero-order valence-corrected chi connectivity index (χ0v) is 15.5. The van der Waals surface area contributed by atoms with Gasteiger partial charge in [0.15, 0.2) is 6.29 Å². The summed E-state index contributed by atoms with van der Waals surface area (Å²) in [5, 5.41) is 2.49. The Hall–Kier alpha value is -2.41. The second-order valence-corrected chi connectivity index (χ2v) is 5.79. The Balaban J connectivity index is 2.29. The molecule has 1 amide bonds. The van der Waals surface area contributed by atoms with Gasteiger partial charge in [-0.2, -0.15) is 0 Å². The number of rotatable bonds is 12. The van der Waals surface area contributed by atoms with Crippen molar-refractivity contribution in [3.63, 3.8) is 0 Å². The highest BCUT2D eigenvalue weighted by molar-refractivity contribution is 5.73. The van der Waals surface area contributed by atoms with Crippen molar-refractivity contribution in [2.24, 2.45) is 0 Å². The molecule has 144 valence electrons. The standard InChI is InChI=1S/C19H28N2O5/c1-3-12-21(13-4-2)17(14-22)26-18(23)10-11-20-19(24)25-15-16-8-6-5-7-9-16/h5-9,14,17H,3-4,10-13,15H2,1-2H3,(H,20,24). The van der Waals surface area contributed by atoms with Crippen LogP contribution in [0.4, 0.5) is 4.79 Å². The van der Waals surface area contributed by atoms with Crippen molar-refractivity contribution in [2.45, 2.75) is 45.9 Å². The number of hydrogen-bond acceptors (Lipinski definition) is 6. The first-order valence-corrected chi connectivity index (χ1v) is 8.94. The maximum atomic E-state index is 11.9. The van der Waals surface area contributed by atoms with Crippen LogP contribution < -0.4 is 5.32 Å². The third-order valence-electron chi connectivity index (χ3n) is 3.56. The predicted octanol–water partition coefficient (Wildman–Crippen LogP) is 2.49. The molecule has 1 N–H and O–H groups in total. The minimum atomic E-state index is -0.882. The number of ether oxygens (including phenoxy) is 2. The number of aldehydes is 1. The van der Waals surface area contributed by atoms with Gasteiger partial charge in [0.2, 0.25) is 6.23 Å². The maximum Gasteiger partial charge on any atom is 0.407 e. The van der Waals surface area contributed by atoms with Crippen LogP contribution in [-0.4, -0.2) is 49.1 Å². The number of benzene rings is 1. The van der Waals surface area contributed by atoms with Crippen LogP contribution in [0.1, 0.15) is 38.7 Å². The van der Waals surface area contributed by atoms with Crippen molar-refractivity contribution in [1.82, 2.24) is 10.2 Å². The first-order valence-electron chi connectivity index (χ1n) is 8.94. The highest BCUT2D eigenvalue weighted by Crippen LogP contribution is 2.04. The molecule has 0 aliphatic carbocycles. The van der Waals surface area contributed by atoms with Crippen LogP contribution in [0, 0.1) is 0 Å². The SMILES string of the molecule is CCCN(CCC)C(C=O)OC(=O)CCNC(=O)OCc1ccccc1. The Kier molecular flexibility index (Phi) is 10.7. The lowest BCUT2D eigenvalue weighted by Gasteiger charge is -2.26. The van der Waals surface area contributed by atoms with Gasteiger partial charge in [-0.25, -0.2) is 4.79 Å². The summed E-state index contributed by atoms with van der Waals surface area (Å²) in [5.74, 6) is -0.539. The molecular weight excluding hydrogens is 336 g/mol. The predicted molar refractivity (Wildman–Crippen MR) is 97.3 cm³/mol. The molecule has 26 heavy (non-hydrogen) atoms. The second-order valence-electron chi connectivity index (χ2n) is 5.79. The average Bonchev–Trinajstić information content (AvgIpc) is 2.65. The van der Waals surface area contributed by atoms with Crippen molar-refractivity contribution >= 4 is 18.3 Å². The molecule has 0 bridgehead atoms. The molecule has 0 aromatic heterocycles. The fourth-order valence-corrected chi connectivity index (χ4v) is 2.36. The molecule has 0 saturated heterocycles. The van der Waals surface area contributed by atoms with Gasteiger partial charge in [-0.1, -0.05) is 44.2 Å². The number of nitrogens with one attached hydrogen (secondary N) is 1. The number of hydrogen-bond donors (Lipinski definition) is 1. The van der Waals surface area contributed by atoms with Gasteiger partial charge in [0.1, 0.15) is 6.61 Å². The molecule has 0 spiro atoms. The zero-order valence-electron chi connectivity index (χ0n) is 15.5. The van der Waals surface area contributed by atoms with Crippen LogP contribution in [0.2, 0.25) is 0 Å². The van der Waals surface area contributed by atoms with Crippen LogP contribution in [0.15, 0.2) is 30.3 Å². The summed E-state index contributed by atoms with van der Waals surface area (Å²) in [6, 6.07) is 9.29. The number of nitrogens with zero attached hydrogens (tertiary/aromatic N) is 1. The molecule has 1 atom stereocenters. The highest BCUT2D eigenvalue weighted by atomic mass is 16.6. The van der Waals surface area contributed by atoms with Crippen molar-refractivity contribution in [1.29, 1.82) is 0 Å². The third kappa shape index (κ3) is 8.62. The van der Waals surface area contributed by atoms with Gasteiger partial charge >= 0.3 is 12.1 Å². The molecule has 0 saturated carbocycles. The van der Waals surface area contributed by atoms with Crippen molar-refractivity contribution in [3.05, 3.63) is 35.9 Å². The Morgan fingerprint density at radius 2 is 1.81 bits per heavy atom.